The third-order valence-corrected chi connectivity index (χ3v) is 3.34. The van der Waals surface area contributed by atoms with E-state index in [1.54, 1.807) is 29.7 Å². The van der Waals surface area contributed by atoms with Gasteiger partial charge in [0.05, 0.1) is 17.3 Å². The van der Waals surface area contributed by atoms with Crippen molar-refractivity contribution in [2.75, 3.05) is 5.75 Å². The summed E-state index contributed by atoms with van der Waals surface area (Å²) in [6.45, 7) is 0. The van der Waals surface area contributed by atoms with Crippen LogP contribution in [0.4, 0.5) is 0 Å². The van der Waals surface area contributed by atoms with Gasteiger partial charge >= 0.3 is 5.97 Å². The zero-order valence-corrected chi connectivity index (χ0v) is 8.36. The molecule has 6 nitrogen and oxygen atoms in total. The van der Waals surface area contributed by atoms with Crippen LogP contribution >= 0.6 is 11.8 Å². The Labute approximate surface area is 84.7 Å². The van der Waals surface area contributed by atoms with Crippen LogP contribution in [0.1, 0.15) is 11.1 Å². The molecule has 1 aliphatic rings. The predicted molar refractivity (Wildman–Crippen MR) is 50.8 cm³/mol. The Kier molecular flexibility index (Phi) is 2.42. The van der Waals surface area contributed by atoms with Crippen LogP contribution in [-0.2, 0) is 11.8 Å². The molecule has 0 amide bonds. The van der Waals surface area contributed by atoms with Crippen molar-refractivity contribution in [1.82, 2.24) is 20.3 Å². The zero-order valence-electron chi connectivity index (χ0n) is 7.54. The molecule has 1 aliphatic heterocycles. The summed E-state index contributed by atoms with van der Waals surface area (Å²) in [7, 11) is 1.79. The molecule has 76 valence electrons. The molecule has 1 saturated heterocycles. The zero-order chi connectivity index (χ0) is 10.1. The number of carboxylic acids is 1. The highest BCUT2D eigenvalue weighted by molar-refractivity contribution is 7.99. The van der Waals surface area contributed by atoms with Gasteiger partial charge in [0.15, 0.2) is 0 Å². The van der Waals surface area contributed by atoms with Crippen LogP contribution in [0.3, 0.4) is 0 Å². The second-order valence-electron chi connectivity index (χ2n) is 3.05. The van der Waals surface area contributed by atoms with E-state index >= 15 is 0 Å². The number of carboxylic acid groups (broad SMARTS) is 1. The van der Waals surface area contributed by atoms with Crippen LogP contribution in [-0.4, -0.2) is 37.9 Å². The molecular formula is C7H10N4O2S. The maximum atomic E-state index is 10.7. The molecule has 2 heterocycles. The smallest absolute Gasteiger partial charge is 0.321 e. The third-order valence-electron chi connectivity index (χ3n) is 2.10. The Morgan fingerprint density at radius 3 is 3.14 bits per heavy atom. The average Bonchev–Trinajstić information content (AvgIpc) is 2.71. The van der Waals surface area contributed by atoms with Crippen LogP contribution in [0.25, 0.3) is 0 Å². The van der Waals surface area contributed by atoms with Crippen LogP contribution in [0.2, 0.25) is 0 Å². The lowest BCUT2D eigenvalue weighted by molar-refractivity contribution is -0.138. The van der Waals surface area contributed by atoms with E-state index < -0.39 is 12.0 Å². The van der Waals surface area contributed by atoms with Gasteiger partial charge in [-0.25, -0.2) is 4.68 Å². The number of aryl methyl sites for hydroxylation is 1. The molecule has 7 heteroatoms. The van der Waals surface area contributed by atoms with Crippen molar-refractivity contribution < 1.29 is 9.90 Å². The summed E-state index contributed by atoms with van der Waals surface area (Å²) in [6, 6.07) is -0.472. The van der Waals surface area contributed by atoms with E-state index in [4.69, 9.17) is 5.11 Å². The summed E-state index contributed by atoms with van der Waals surface area (Å²) in [6.07, 6.45) is 1.65. The Morgan fingerprint density at radius 2 is 2.64 bits per heavy atom. The topological polar surface area (TPSA) is 80.0 Å². The van der Waals surface area contributed by atoms with E-state index in [1.165, 1.54) is 0 Å². The highest BCUT2D eigenvalue weighted by Gasteiger charge is 2.31. The minimum Gasteiger partial charge on any atom is -0.480 e. The third kappa shape index (κ3) is 1.60. The normalized spacial score (nSPS) is 26.6. The van der Waals surface area contributed by atoms with E-state index in [2.05, 4.69) is 15.6 Å². The van der Waals surface area contributed by atoms with Crippen molar-refractivity contribution >= 4 is 17.7 Å². The average molecular weight is 214 g/mol. The first-order valence-corrected chi connectivity index (χ1v) is 5.18. The van der Waals surface area contributed by atoms with Gasteiger partial charge in [-0.2, -0.15) is 0 Å². The van der Waals surface area contributed by atoms with Crippen molar-refractivity contribution in [3.05, 3.63) is 11.9 Å². The van der Waals surface area contributed by atoms with E-state index in [1.807, 2.05) is 0 Å². The minimum absolute atomic E-state index is 0.0175. The largest absolute Gasteiger partial charge is 0.480 e. The number of aromatic nitrogens is 3. The molecule has 0 spiro atoms. The first-order chi connectivity index (χ1) is 6.68. The van der Waals surface area contributed by atoms with Gasteiger partial charge in [-0.3, -0.25) is 10.1 Å². The molecule has 1 unspecified atom stereocenters. The fraction of sp³-hybridized carbons (Fsp3) is 0.571. The lowest BCUT2D eigenvalue weighted by Crippen LogP contribution is -2.34. The summed E-state index contributed by atoms with van der Waals surface area (Å²) in [4.78, 5) is 10.7. The van der Waals surface area contributed by atoms with Crippen LogP contribution < -0.4 is 5.32 Å². The lowest BCUT2D eigenvalue weighted by atomic mass is 10.3. The lowest BCUT2D eigenvalue weighted by Gasteiger charge is -2.09. The standard InChI is InChI=1S/C7H10N4O2S/c1-11-5(2-8-10-11)6-9-4(3-14-6)7(12)13/h2,4,6,9H,3H2,1H3,(H,12,13)/t4-,6?/m0/s1. The highest BCUT2D eigenvalue weighted by atomic mass is 32.2. The van der Waals surface area contributed by atoms with Crippen molar-refractivity contribution in [3.8, 4) is 0 Å². The summed E-state index contributed by atoms with van der Waals surface area (Å²) in [5, 5.41) is 19.3. The molecule has 2 atom stereocenters. The van der Waals surface area contributed by atoms with Crippen LogP contribution in [0, 0.1) is 0 Å². The molecule has 0 saturated carbocycles. The van der Waals surface area contributed by atoms with Gasteiger partial charge in [0.1, 0.15) is 6.04 Å². The summed E-state index contributed by atoms with van der Waals surface area (Å²) >= 11 is 1.56. The number of nitrogens with one attached hydrogen (secondary N) is 1. The van der Waals surface area contributed by atoms with E-state index in [9.17, 15) is 4.79 Å². The van der Waals surface area contributed by atoms with Crippen molar-refractivity contribution in [3.63, 3.8) is 0 Å². The van der Waals surface area contributed by atoms with Gasteiger partial charge in [0.25, 0.3) is 0 Å². The molecule has 2 N–H and O–H groups in total. The summed E-state index contributed by atoms with van der Waals surface area (Å²) in [5.41, 5.74) is 0.902. The molecule has 1 fully saturated rings. The number of hydrogen-bond acceptors (Lipinski definition) is 5. The molecule has 0 bridgehead atoms. The summed E-state index contributed by atoms with van der Waals surface area (Å²) in [5.74, 6) is -0.235. The van der Waals surface area contributed by atoms with E-state index in [-0.39, 0.29) is 5.37 Å². The quantitative estimate of drug-likeness (QED) is 0.697. The Hall–Kier alpha value is -1.08. The molecule has 14 heavy (non-hydrogen) atoms. The molecule has 0 aromatic carbocycles. The summed E-state index contributed by atoms with van der Waals surface area (Å²) < 4.78 is 1.65. The Morgan fingerprint density at radius 1 is 1.86 bits per heavy atom. The number of nitrogens with zero attached hydrogens (tertiary/aromatic N) is 3. The molecule has 1 aromatic rings. The second-order valence-corrected chi connectivity index (χ2v) is 4.19. The number of thioether (sulfide) groups is 1. The van der Waals surface area contributed by atoms with Gasteiger partial charge in [-0.1, -0.05) is 5.21 Å². The van der Waals surface area contributed by atoms with Crippen LogP contribution in [0.15, 0.2) is 6.20 Å². The predicted octanol–water partition coefficient (Wildman–Crippen LogP) is -0.397. The number of hydrogen-bond donors (Lipinski definition) is 2. The van der Waals surface area contributed by atoms with E-state index in [0.717, 1.165) is 5.69 Å². The van der Waals surface area contributed by atoms with Crippen LogP contribution in [0.5, 0.6) is 0 Å². The van der Waals surface area contributed by atoms with Crippen molar-refractivity contribution in [2.24, 2.45) is 7.05 Å². The second kappa shape index (κ2) is 3.58. The Bertz CT molecular complexity index is 353. The molecule has 0 aliphatic carbocycles. The highest BCUT2D eigenvalue weighted by Crippen LogP contribution is 2.31. The first kappa shape index (κ1) is 9.47. The molecule has 2 rings (SSSR count). The number of carbonyl (C=O) groups is 1. The van der Waals surface area contributed by atoms with Gasteiger partial charge in [0, 0.05) is 12.8 Å². The van der Waals surface area contributed by atoms with Gasteiger partial charge < -0.3 is 5.11 Å². The number of rotatable bonds is 2. The monoisotopic (exact) mass is 214 g/mol. The fourth-order valence-electron chi connectivity index (χ4n) is 1.32. The number of aliphatic carboxylic acids is 1. The maximum absolute atomic E-state index is 10.7. The van der Waals surface area contributed by atoms with Gasteiger partial charge in [0.2, 0.25) is 0 Å². The molecule has 1 aromatic heterocycles. The maximum Gasteiger partial charge on any atom is 0.321 e. The van der Waals surface area contributed by atoms with Crippen molar-refractivity contribution in [2.45, 2.75) is 11.4 Å². The fourth-order valence-corrected chi connectivity index (χ4v) is 2.59. The molecular weight excluding hydrogens is 204 g/mol. The van der Waals surface area contributed by atoms with Crippen molar-refractivity contribution in [1.29, 1.82) is 0 Å². The van der Waals surface area contributed by atoms with Gasteiger partial charge in [-0.15, -0.1) is 16.9 Å². The Balaban J connectivity index is 2.10. The molecule has 0 radical (unpaired) electrons. The minimum atomic E-state index is -0.810. The SMILES string of the molecule is Cn1nncc1C1N[C@H](C(=O)O)CS1. The first-order valence-electron chi connectivity index (χ1n) is 4.13. The van der Waals surface area contributed by atoms with Gasteiger partial charge in [-0.05, 0) is 0 Å². The van der Waals surface area contributed by atoms with E-state index in [0.29, 0.717) is 5.75 Å².